The molecule has 0 saturated carbocycles. The van der Waals surface area contributed by atoms with Crippen molar-refractivity contribution in [3.8, 4) is 0 Å². The lowest BCUT2D eigenvalue weighted by molar-refractivity contribution is -0.137. The van der Waals surface area contributed by atoms with E-state index in [0.717, 1.165) is 4.90 Å². The van der Waals surface area contributed by atoms with Crippen LogP contribution < -0.4 is 5.32 Å². The fourth-order valence-corrected chi connectivity index (χ4v) is 1.36. The molecule has 0 aliphatic carbocycles. The second-order valence-corrected chi connectivity index (χ2v) is 3.83. The van der Waals surface area contributed by atoms with Gasteiger partial charge in [-0.15, -0.1) is 0 Å². The van der Waals surface area contributed by atoms with Gasteiger partial charge >= 0.3 is 12.0 Å². The lowest BCUT2D eigenvalue weighted by Gasteiger charge is -2.20. The molecule has 8 heteroatoms. The fraction of sp³-hybridized carbons (Fsp3) is 0.545. The van der Waals surface area contributed by atoms with E-state index in [9.17, 15) is 9.59 Å². The maximum atomic E-state index is 11.8. The summed E-state index contributed by atoms with van der Waals surface area (Å²) in [5, 5.41) is 11.3. The van der Waals surface area contributed by atoms with Crippen LogP contribution in [0.2, 0.25) is 0 Å². The molecule has 8 nitrogen and oxygen atoms in total. The molecule has 19 heavy (non-hydrogen) atoms. The van der Waals surface area contributed by atoms with E-state index in [2.05, 4.69) is 10.3 Å². The summed E-state index contributed by atoms with van der Waals surface area (Å²) in [6, 6.07) is -0.504. The van der Waals surface area contributed by atoms with E-state index in [4.69, 9.17) is 14.3 Å². The predicted molar refractivity (Wildman–Crippen MR) is 64.6 cm³/mol. The van der Waals surface area contributed by atoms with E-state index in [1.807, 2.05) is 0 Å². The molecule has 0 atom stereocenters. The van der Waals surface area contributed by atoms with Gasteiger partial charge in [0.25, 0.3) is 0 Å². The summed E-state index contributed by atoms with van der Waals surface area (Å²) in [7, 11) is 1.48. The van der Waals surface area contributed by atoms with Crippen LogP contribution in [0.1, 0.15) is 11.7 Å². The van der Waals surface area contributed by atoms with E-state index < -0.39 is 12.0 Å². The number of carbonyl (C=O) groups excluding carboxylic acids is 1. The number of rotatable bonds is 7. The third-order valence-corrected chi connectivity index (χ3v) is 2.24. The van der Waals surface area contributed by atoms with E-state index in [-0.39, 0.29) is 26.2 Å². The summed E-state index contributed by atoms with van der Waals surface area (Å²) >= 11 is 0. The zero-order chi connectivity index (χ0) is 14.3. The van der Waals surface area contributed by atoms with Gasteiger partial charge < -0.3 is 24.5 Å². The van der Waals surface area contributed by atoms with Crippen LogP contribution in [0.25, 0.3) is 0 Å². The van der Waals surface area contributed by atoms with Gasteiger partial charge in [0.2, 0.25) is 5.89 Å². The van der Waals surface area contributed by atoms with Gasteiger partial charge in [0.1, 0.15) is 12.3 Å². The first-order valence-corrected chi connectivity index (χ1v) is 5.67. The van der Waals surface area contributed by atoms with Gasteiger partial charge in [-0.3, -0.25) is 4.79 Å². The Kier molecular flexibility index (Phi) is 5.80. The lowest BCUT2D eigenvalue weighted by atomic mass is 10.5. The van der Waals surface area contributed by atoms with Crippen LogP contribution in [0.3, 0.4) is 0 Å². The molecule has 0 aliphatic heterocycles. The van der Waals surface area contributed by atoms with Crippen LogP contribution in [0, 0.1) is 6.92 Å². The smallest absolute Gasteiger partial charge is 0.323 e. The Morgan fingerprint density at radius 3 is 2.84 bits per heavy atom. The molecule has 0 fully saturated rings. The van der Waals surface area contributed by atoms with Crippen molar-refractivity contribution in [2.24, 2.45) is 0 Å². The van der Waals surface area contributed by atoms with E-state index in [1.165, 1.54) is 7.11 Å². The van der Waals surface area contributed by atoms with Crippen molar-refractivity contribution in [3.05, 3.63) is 17.8 Å². The standard InChI is InChI=1S/C11H17N3O5/c1-8-5-12-9(19-8)6-13-11(17)14(3-4-18-2)7-10(15)16/h5H,3-4,6-7H2,1-2H3,(H,13,17)(H,15,16). The van der Waals surface area contributed by atoms with Gasteiger partial charge in [-0.2, -0.15) is 0 Å². The molecule has 1 rings (SSSR count). The summed E-state index contributed by atoms with van der Waals surface area (Å²) in [5.74, 6) is -0.0721. The molecule has 0 aromatic carbocycles. The van der Waals surface area contributed by atoms with Crippen molar-refractivity contribution < 1.29 is 23.8 Å². The van der Waals surface area contributed by atoms with Crippen LogP contribution in [-0.4, -0.2) is 53.8 Å². The van der Waals surface area contributed by atoms with Gasteiger partial charge in [0, 0.05) is 13.7 Å². The second kappa shape index (κ2) is 7.37. The quantitative estimate of drug-likeness (QED) is 0.735. The zero-order valence-corrected chi connectivity index (χ0v) is 10.9. The number of aromatic nitrogens is 1. The van der Waals surface area contributed by atoms with Crippen LogP contribution in [-0.2, 0) is 16.1 Å². The molecule has 0 saturated heterocycles. The maximum absolute atomic E-state index is 11.8. The molecule has 0 spiro atoms. The fourth-order valence-electron chi connectivity index (χ4n) is 1.36. The first-order chi connectivity index (χ1) is 9.02. The Morgan fingerprint density at radius 1 is 1.58 bits per heavy atom. The normalized spacial score (nSPS) is 10.2. The molecule has 1 heterocycles. The number of oxazole rings is 1. The molecule has 2 amide bonds. The molecule has 106 valence electrons. The number of aryl methyl sites for hydroxylation is 1. The van der Waals surface area contributed by atoms with E-state index in [0.29, 0.717) is 11.7 Å². The average Bonchev–Trinajstić information content (AvgIpc) is 2.77. The Balaban J connectivity index is 2.48. The maximum Gasteiger partial charge on any atom is 0.323 e. The Morgan fingerprint density at radius 2 is 2.32 bits per heavy atom. The summed E-state index contributed by atoms with van der Waals surface area (Å²) in [6.07, 6.45) is 1.54. The number of nitrogens with one attached hydrogen (secondary N) is 1. The second-order valence-electron chi connectivity index (χ2n) is 3.83. The van der Waals surface area contributed by atoms with Crippen molar-refractivity contribution in [3.63, 3.8) is 0 Å². The number of hydrogen-bond acceptors (Lipinski definition) is 5. The summed E-state index contributed by atoms with van der Waals surface area (Å²) in [4.78, 5) is 27.5. The third kappa shape index (κ3) is 5.38. The number of nitrogens with zero attached hydrogens (tertiary/aromatic N) is 2. The summed E-state index contributed by atoms with van der Waals surface area (Å²) in [5.41, 5.74) is 0. The van der Waals surface area contributed by atoms with E-state index in [1.54, 1.807) is 13.1 Å². The van der Waals surface area contributed by atoms with Gasteiger partial charge in [0.05, 0.1) is 19.3 Å². The molecule has 0 unspecified atom stereocenters. The van der Waals surface area contributed by atoms with Crippen molar-refractivity contribution in [2.45, 2.75) is 13.5 Å². The van der Waals surface area contributed by atoms with Crippen LogP contribution in [0.4, 0.5) is 4.79 Å². The van der Waals surface area contributed by atoms with Crippen LogP contribution in [0.5, 0.6) is 0 Å². The molecule has 1 aromatic heterocycles. The van der Waals surface area contributed by atoms with Crippen molar-refractivity contribution in [1.29, 1.82) is 0 Å². The minimum atomic E-state index is -1.08. The molecular weight excluding hydrogens is 254 g/mol. The van der Waals surface area contributed by atoms with E-state index >= 15 is 0 Å². The summed E-state index contributed by atoms with van der Waals surface area (Å²) < 4.78 is 10.0. The average molecular weight is 271 g/mol. The van der Waals surface area contributed by atoms with Crippen molar-refractivity contribution in [1.82, 2.24) is 15.2 Å². The Hall–Kier alpha value is -2.09. The first kappa shape index (κ1) is 15.0. The number of carboxylic acid groups (broad SMARTS) is 1. The predicted octanol–water partition coefficient (Wildman–Crippen LogP) is 0.226. The number of amides is 2. The largest absolute Gasteiger partial charge is 0.480 e. The van der Waals surface area contributed by atoms with Gasteiger partial charge in [-0.1, -0.05) is 0 Å². The number of methoxy groups -OCH3 is 1. The first-order valence-electron chi connectivity index (χ1n) is 5.67. The Bertz CT molecular complexity index is 432. The molecule has 0 bridgehead atoms. The lowest BCUT2D eigenvalue weighted by Crippen LogP contribution is -2.44. The van der Waals surface area contributed by atoms with Crippen molar-refractivity contribution in [2.75, 3.05) is 26.8 Å². The highest BCUT2D eigenvalue weighted by Gasteiger charge is 2.16. The number of aliphatic carboxylic acids is 1. The SMILES string of the molecule is COCCN(CC(=O)O)C(=O)NCc1ncc(C)o1. The molecule has 1 aromatic rings. The zero-order valence-electron chi connectivity index (χ0n) is 10.9. The number of carboxylic acids is 1. The van der Waals surface area contributed by atoms with Crippen LogP contribution in [0.15, 0.2) is 10.6 Å². The van der Waals surface area contributed by atoms with Crippen LogP contribution >= 0.6 is 0 Å². The van der Waals surface area contributed by atoms with Crippen molar-refractivity contribution >= 4 is 12.0 Å². The topological polar surface area (TPSA) is 105 Å². The monoisotopic (exact) mass is 271 g/mol. The van der Waals surface area contributed by atoms with Gasteiger partial charge in [-0.25, -0.2) is 9.78 Å². The number of carbonyl (C=O) groups is 2. The minimum absolute atomic E-state index is 0.107. The summed E-state index contributed by atoms with van der Waals surface area (Å²) in [6.45, 7) is 1.92. The highest BCUT2D eigenvalue weighted by molar-refractivity contribution is 5.79. The molecular formula is C11H17N3O5. The highest BCUT2D eigenvalue weighted by atomic mass is 16.5. The highest BCUT2D eigenvalue weighted by Crippen LogP contribution is 2.01. The van der Waals surface area contributed by atoms with Gasteiger partial charge in [-0.05, 0) is 6.92 Å². The molecule has 0 radical (unpaired) electrons. The number of hydrogen-bond donors (Lipinski definition) is 2. The molecule has 2 N–H and O–H groups in total. The van der Waals surface area contributed by atoms with Gasteiger partial charge in [0.15, 0.2) is 0 Å². The number of urea groups is 1. The third-order valence-electron chi connectivity index (χ3n) is 2.24. The molecule has 0 aliphatic rings. The number of ether oxygens (including phenoxy) is 1. The minimum Gasteiger partial charge on any atom is -0.480 e. The Labute approximate surface area is 110 Å².